The van der Waals surface area contributed by atoms with E-state index in [-0.39, 0.29) is 11.3 Å². The molecule has 3 heteroatoms. The van der Waals surface area contributed by atoms with E-state index in [4.69, 9.17) is 10.5 Å². The molecule has 1 fully saturated rings. The van der Waals surface area contributed by atoms with E-state index in [0.717, 1.165) is 25.9 Å². The molecule has 1 aliphatic heterocycles. The molecule has 1 aliphatic rings. The molecule has 0 spiro atoms. The summed E-state index contributed by atoms with van der Waals surface area (Å²) in [6.07, 6.45) is 2.73. The number of ether oxygens (including phenoxy) is 1. The fourth-order valence-corrected chi connectivity index (χ4v) is 2.93. The molecule has 0 bridgehead atoms. The molecule has 0 aromatic rings. The van der Waals surface area contributed by atoms with Crippen molar-refractivity contribution in [2.45, 2.75) is 45.6 Å². The van der Waals surface area contributed by atoms with Crippen molar-refractivity contribution in [2.75, 3.05) is 19.8 Å². The summed E-state index contributed by atoms with van der Waals surface area (Å²) in [5.74, 6) is 0.216. The maximum Gasteiger partial charge on any atom is 0.0758 e. The van der Waals surface area contributed by atoms with Crippen molar-refractivity contribution < 1.29 is 9.84 Å². The summed E-state index contributed by atoms with van der Waals surface area (Å²) >= 11 is 0. The van der Waals surface area contributed by atoms with Gasteiger partial charge in [0.05, 0.1) is 12.2 Å². The molecule has 1 heterocycles. The Balaban J connectivity index is 2.95. The van der Waals surface area contributed by atoms with E-state index in [9.17, 15) is 5.11 Å². The fraction of sp³-hybridized carbons (Fsp3) is 1.00. The van der Waals surface area contributed by atoms with Crippen LogP contribution in [-0.2, 0) is 4.74 Å². The average Bonchev–Trinajstić information content (AvgIpc) is 2.28. The third-order valence-electron chi connectivity index (χ3n) is 4.13. The van der Waals surface area contributed by atoms with E-state index in [1.807, 2.05) is 6.92 Å². The maximum atomic E-state index is 10.8. The molecule has 0 amide bonds. The van der Waals surface area contributed by atoms with Gasteiger partial charge in [-0.2, -0.15) is 0 Å². The lowest BCUT2D eigenvalue weighted by Gasteiger charge is -2.50. The van der Waals surface area contributed by atoms with Gasteiger partial charge in [0.2, 0.25) is 0 Å². The molecule has 1 saturated heterocycles. The highest BCUT2D eigenvalue weighted by atomic mass is 16.5. The zero-order chi connectivity index (χ0) is 11.5. The van der Waals surface area contributed by atoms with Crippen molar-refractivity contribution in [1.82, 2.24) is 0 Å². The molecule has 90 valence electrons. The molecule has 3 nitrogen and oxygen atoms in total. The largest absolute Gasteiger partial charge is 0.389 e. The number of rotatable bonds is 4. The first-order valence-electron chi connectivity index (χ1n) is 6.02. The minimum absolute atomic E-state index is 0.216. The molecule has 1 rings (SSSR count). The minimum Gasteiger partial charge on any atom is -0.389 e. The normalized spacial score (nSPS) is 31.6. The van der Waals surface area contributed by atoms with Gasteiger partial charge in [-0.25, -0.2) is 0 Å². The zero-order valence-corrected chi connectivity index (χ0v) is 10.3. The Morgan fingerprint density at radius 1 is 1.53 bits per heavy atom. The molecule has 3 N–H and O–H groups in total. The Morgan fingerprint density at radius 3 is 2.53 bits per heavy atom. The molecule has 0 radical (unpaired) electrons. The Morgan fingerprint density at radius 2 is 2.20 bits per heavy atom. The van der Waals surface area contributed by atoms with Crippen LogP contribution in [0.1, 0.15) is 40.0 Å². The first-order chi connectivity index (χ1) is 7.02. The number of aliphatic hydroxyl groups is 1. The molecule has 2 unspecified atom stereocenters. The van der Waals surface area contributed by atoms with E-state index in [2.05, 4.69) is 13.8 Å². The van der Waals surface area contributed by atoms with Crippen molar-refractivity contribution in [1.29, 1.82) is 0 Å². The summed E-state index contributed by atoms with van der Waals surface area (Å²) in [6.45, 7) is 8.08. The first kappa shape index (κ1) is 12.9. The van der Waals surface area contributed by atoms with Gasteiger partial charge in [-0.3, -0.25) is 0 Å². The van der Waals surface area contributed by atoms with E-state index >= 15 is 0 Å². The van der Waals surface area contributed by atoms with Gasteiger partial charge in [-0.05, 0) is 25.2 Å². The Bertz CT molecular complexity index is 200. The van der Waals surface area contributed by atoms with Crippen LogP contribution >= 0.6 is 0 Å². The Labute approximate surface area is 93.0 Å². The highest BCUT2D eigenvalue weighted by molar-refractivity contribution is 5.01. The Hall–Kier alpha value is -0.120. The molecular weight excluding hydrogens is 190 g/mol. The SMILES string of the molecule is CCC(O)(C(C)C)C1(CN)CCCOC1. The van der Waals surface area contributed by atoms with Crippen LogP contribution in [0, 0.1) is 11.3 Å². The molecule has 15 heavy (non-hydrogen) atoms. The van der Waals surface area contributed by atoms with Gasteiger partial charge >= 0.3 is 0 Å². The van der Waals surface area contributed by atoms with Gasteiger partial charge < -0.3 is 15.6 Å². The van der Waals surface area contributed by atoms with Crippen molar-refractivity contribution in [2.24, 2.45) is 17.1 Å². The van der Waals surface area contributed by atoms with Crippen LogP contribution in [0.5, 0.6) is 0 Å². The second kappa shape index (κ2) is 4.81. The van der Waals surface area contributed by atoms with Crippen LogP contribution in [0.4, 0.5) is 0 Å². The first-order valence-corrected chi connectivity index (χ1v) is 6.02. The topological polar surface area (TPSA) is 55.5 Å². The Kier molecular flexibility index (Phi) is 4.15. The van der Waals surface area contributed by atoms with Crippen LogP contribution in [0.15, 0.2) is 0 Å². The second-order valence-electron chi connectivity index (χ2n) is 5.07. The van der Waals surface area contributed by atoms with E-state index in [1.165, 1.54) is 0 Å². The van der Waals surface area contributed by atoms with Gasteiger partial charge in [0.25, 0.3) is 0 Å². The van der Waals surface area contributed by atoms with Gasteiger partial charge in [-0.15, -0.1) is 0 Å². The van der Waals surface area contributed by atoms with Gasteiger partial charge in [-0.1, -0.05) is 20.8 Å². The predicted octanol–water partition coefficient (Wildman–Crippen LogP) is 1.54. The number of hydrogen-bond donors (Lipinski definition) is 2. The zero-order valence-electron chi connectivity index (χ0n) is 10.3. The molecule has 2 atom stereocenters. The smallest absolute Gasteiger partial charge is 0.0758 e. The van der Waals surface area contributed by atoms with Crippen LogP contribution in [0.25, 0.3) is 0 Å². The van der Waals surface area contributed by atoms with Gasteiger partial charge in [0.1, 0.15) is 0 Å². The van der Waals surface area contributed by atoms with E-state index in [1.54, 1.807) is 0 Å². The lowest BCUT2D eigenvalue weighted by atomic mass is 9.62. The van der Waals surface area contributed by atoms with Crippen molar-refractivity contribution in [3.8, 4) is 0 Å². The molecule has 0 aromatic heterocycles. The van der Waals surface area contributed by atoms with Crippen LogP contribution < -0.4 is 5.73 Å². The standard InChI is InChI=1S/C12H25NO2/c1-4-12(14,10(2)3)11(8-13)6-5-7-15-9-11/h10,14H,4-9,13H2,1-3H3. The van der Waals surface area contributed by atoms with Gasteiger partial charge in [0.15, 0.2) is 0 Å². The average molecular weight is 215 g/mol. The van der Waals surface area contributed by atoms with Crippen molar-refractivity contribution in [3.63, 3.8) is 0 Å². The van der Waals surface area contributed by atoms with Crippen LogP contribution in [0.3, 0.4) is 0 Å². The lowest BCUT2D eigenvalue weighted by molar-refractivity contribution is -0.168. The quantitative estimate of drug-likeness (QED) is 0.748. The predicted molar refractivity (Wildman–Crippen MR) is 61.6 cm³/mol. The third-order valence-corrected chi connectivity index (χ3v) is 4.13. The second-order valence-corrected chi connectivity index (χ2v) is 5.07. The fourth-order valence-electron chi connectivity index (χ4n) is 2.93. The summed E-state index contributed by atoms with van der Waals surface area (Å²) in [7, 11) is 0. The summed E-state index contributed by atoms with van der Waals surface area (Å²) in [6, 6.07) is 0. The lowest BCUT2D eigenvalue weighted by Crippen LogP contribution is -2.59. The molecular formula is C12H25NO2. The molecule has 0 aromatic carbocycles. The maximum absolute atomic E-state index is 10.8. The molecule has 0 aliphatic carbocycles. The minimum atomic E-state index is -0.692. The third kappa shape index (κ3) is 2.05. The molecule has 0 saturated carbocycles. The summed E-state index contributed by atoms with van der Waals surface area (Å²) in [5, 5.41) is 10.8. The van der Waals surface area contributed by atoms with Crippen LogP contribution in [0.2, 0.25) is 0 Å². The highest BCUT2D eigenvalue weighted by Crippen LogP contribution is 2.44. The van der Waals surface area contributed by atoms with Gasteiger partial charge in [0, 0.05) is 18.6 Å². The van der Waals surface area contributed by atoms with Crippen molar-refractivity contribution in [3.05, 3.63) is 0 Å². The van der Waals surface area contributed by atoms with Crippen LogP contribution in [-0.4, -0.2) is 30.5 Å². The highest BCUT2D eigenvalue weighted by Gasteiger charge is 2.50. The number of nitrogens with two attached hydrogens (primary N) is 1. The number of hydrogen-bond acceptors (Lipinski definition) is 3. The summed E-state index contributed by atoms with van der Waals surface area (Å²) < 4.78 is 5.53. The van der Waals surface area contributed by atoms with E-state index < -0.39 is 5.60 Å². The monoisotopic (exact) mass is 215 g/mol. The summed E-state index contributed by atoms with van der Waals surface area (Å²) in [5.41, 5.74) is 4.96. The van der Waals surface area contributed by atoms with E-state index in [0.29, 0.717) is 13.2 Å². The van der Waals surface area contributed by atoms with Crippen molar-refractivity contribution >= 4 is 0 Å². The summed E-state index contributed by atoms with van der Waals surface area (Å²) in [4.78, 5) is 0.